The number of ether oxygens (including phenoxy) is 3. The van der Waals surface area contributed by atoms with Crippen molar-refractivity contribution < 1.29 is 29.5 Å². The molecule has 2 saturated heterocycles. The molecule has 31 heavy (non-hydrogen) atoms. The van der Waals surface area contributed by atoms with E-state index in [0.717, 1.165) is 0 Å². The van der Waals surface area contributed by atoms with Gasteiger partial charge in [-0.05, 0) is 13.8 Å². The van der Waals surface area contributed by atoms with E-state index >= 15 is 0 Å². The molecule has 1 unspecified atom stereocenters. The van der Waals surface area contributed by atoms with E-state index in [9.17, 15) is 15.3 Å². The van der Waals surface area contributed by atoms with Crippen molar-refractivity contribution in [2.75, 3.05) is 5.32 Å². The van der Waals surface area contributed by atoms with Crippen molar-refractivity contribution in [2.24, 2.45) is 0 Å². The molecule has 2 aliphatic rings. The van der Waals surface area contributed by atoms with Crippen molar-refractivity contribution in [3.8, 4) is 0 Å². The standard InChI is InChI=1S/C20H23N5O6/c1-20(2)30-12-13(31-20)18(29-14(12)19(27)28)25-9-23-11-15(21-8-22-16(11)25)24-17(26)10-6-4-3-5-7-10/h3-9,12-14,17-19,26-28H,1-2H3,(H,21,22,24)/t12-,13+,14-,17?,18+/m0/s1. The number of aliphatic hydroxyl groups excluding tert-OH is 2. The Morgan fingerprint density at radius 2 is 1.77 bits per heavy atom. The van der Waals surface area contributed by atoms with Gasteiger partial charge in [-0.25, -0.2) is 15.0 Å². The summed E-state index contributed by atoms with van der Waals surface area (Å²) in [5.41, 5.74) is 1.53. The van der Waals surface area contributed by atoms with E-state index in [2.05, 4.69) is 20.3 Å². The van der Waals surface area contributed by atoms with Gasteiger partial charge in [0.05, 0.1) is 6.33 Å². The molecule has 0 bridgehead atoms. The predicted molar refractivity (Wildman–Crippen MR) is 106 cm³/mol. The molecule has 11 nitrogen and oxygen atoms in total. The Bertz CT molecular complexity index is 1070. The van der Waals surface area contributed by atoms with Gasteiger partial charge in [0.2, 0.25) is 0 Å². The number of fused-ring (bicyclic) bond motifs is 2. The molecular formula is C20H23N5O6. The maximum Gasteiger partial charge on any atom is 0.181 e. The lowest BCUT2D eigenvalue weighted by Gasteiger charge is -2.25. The van der Waals surface area contributed by atoms with Crippen LogP contribution in [0.2, 0.25) is 0 Å². The minimum Gasteiger partial charge on any atom is -0.369 e. The van der Waals surface area contributed by atoms with Gasteiger partial charge in [-0.15, -0.1) is 0 Å². The number of anilines is 1. The highest BCUT2D eigenvalue weighted by atomic mass is 16.8. The number of benzene rings is 1. The van der Waals surface area contributed by atoms with Crippen molar-refractivity contribution in [1.29, 1.82) is 0 Å². The zero-order valence-electron chi connectivity index (χ0n) is 16.9. The van der Waals surface area contributed by atoms with Crippen LogP contribution in [-0.2, 0) is 14.2 Å². The summed E-state index contributed by atoms with van der Waals surface area (Å²) in [7, 11) is 0. The normalized spacial score (nSPS) is 28.2. The first-order chi connectivity index (χ1) is 14.8. The van der Waals surface area contributed by atoms with Crippen molar-refractivity contribution in [1.82, 2.24) is 19.5 Å². The van der Waals surface area contributed by atoms with E-state index < -0.39 is 42.8 Å². The number of nitrogens with one attached hydrogen (secondary N) is 1. The largest absolute Gasteiger partial charge is 0.369 e. The summed E-state index contributed by atoms with van der Waals surface area (Å²) in [6.45, 7) is 3.51. The number of hydrogen-bond acceptors (Lipinski definition) is 10. The Morgan fingerprint density at radius 3 is 2.52 bits per heavy atom. The molecule has 3 aromatic rings. The molecule has 0 aliphatic carbocycles. The quantitative estimate of drug-likeness (QED) is 0.427. The van der Waals surface area contributed by atoms with Crippen molar-refractivity contribution in [2.45, 2.75) is 56.7 Å². The van der Waals surface area contributed by atoms with Crippen LogP contribution in [0.5, 0.6) is 0 Å². The van der Waals surface area contributed by atoms with Crippen LogP contribution in [0.4, 0.5) is 5.82 Å². The topological polar surface area (TPSA) is 144 Å². The van der Waals surface area contributed by atoms with Gasteiger partial charge in [-0.3, -0.25) is 4.57 Å². The van der Waals surface area contributed by atoms with E-state index in [0.29, 0.717) is 22.5 Å². The summed E-state index contributed by atoms with van der Waals surface area (Å²) in [4.78, 5) is 12.9. The summed E-state index contributed by atoms with van der Waals surface area (Å²) in [5, 5.41) is 33.0. The second kappa shape index (κ2) is 7.48. The van der Waals surface area contributed by atoms with E-state index in [1.807, 2.05) is 18.2 Å². The summed E-state index contributed by atoms with van der Waals surface area (Å²) >= 11 is 0. The molecule has 2 fully saturated rings. The Balaban J connectivity index is 1.47. The first kappa shape index (κ1) is 20.2. The lowest BCUT2D eigenvalue weighted by molar-refractivity contribution is -0.229. The van der Waals surface area contributed by atoms with Crippen molar-refractivity contribution >= 4 is 17.0 Å². The first-order valence-corrected chi connectivity index (χ1v) is 9.88. The number of rotatable bonds is 5. The smallest absolute Gasteiger partial charge is 0.181 e. The third-order valence-electron chi connectivity index (χ3n) is 5.38. The molecule has 0 amide bonds. The van der Waals surface area contributed by atoms with Gasteiger partial charge in [0, 0.05) is 5.56 Å². The van der Waals surface area contributed by atoms with Crippen LogP contribution in [0.15, 0.2) is 43.0 Å². The molecule has 0 radical (unpaired) electrons. The van der Waals surface area contributed by atoms with Gasteiger partial charge in [0.1, 0.15) is 24.6 Å². The summed E-state index contributed by atoms with van der Waals surface area (Å²) in [5.74, 6) is -0.556. The zero-order valence-corrected chi connectivity index (χ0v) is 16.9. The highest BCUT2D eigenvalue weighted by molar-refractivity contribution is 5.82. The molecule has 5 atom stereocenters. The number of aromatic nitrogens is 4. The van der Waals surface area contributed by atoms with Crippen LogP contribution < -0.4 is 5.32 Å². The van der Waals surface area contributed by atoms with Gasteiger partial charge in [0.15, 0.2) is 41.5 Å². The maximum atomic E-state index is 10.5. The van der Waals surface area contributed by atoms with Crippen molar-refractivity contribution in [3.05, 3.63) is 48.5 Å². The van der Waals surface area contributed by atoms with E-state index in [1.54, 1.807) is 30.5 Å². The number of nitrogens with zero attached hydrogens (tertiary/aromatic N) is 4. The highest BCUT2D eigenvalue weighted by Crippen LogP contribution is 2.44. The molecule has 0 spiro atoms. The fourth-order valence-corrected chi connectivity index (χ4v) is 4.06. The zero-order chi connectivity index (χ0) is 21.8. The molecule has 4 heterocycles. The van der Waals surface area contributed by atoms with Crippen molar-refractivity contribution in [3.63, 3.8) is 0 Å². The lowest BCUT2D eigenvalue weighted by Crippen LogP contribution is -2.38. The van der Waals surface area contributed by atoms with E-state index in [4.69, 9.17) is 14.2 Å². The second-order valence-corrected chi connectivity index (χ2v) is 7.97. The number of imidazole rings is 1. The van der Waals surface area contributed by atoms with Crippen LogP contribution in [0.25, 0.3) is 11.2 Å². The first-order valence-electron chi connectivity index (χ1n) is 9.88. The van der Waals surface area contributed by atoms with Gasteiger partial charge in [-0.2, -0.15) is 0 Å². The fraction of sp³-hybridized carbons (Fsp3) is 0.450. The monoisotopic (exact) mass is 429 g/mol. The Labute approximate surface area is 177 Å². The molecule has 4 N–H and O–H groups in total. The summed E-state index contributed by atoms with van der Waals surface area (Å²) < 4.78 is 19.3. The van der Waals surface area contributed by atoms with E-state index in [-0.39, 0.29) is 0 Å². The van der Waals surface area contributed by atoms with E-state index in [1.165, 1.54) is 12.7 Å². The Hall–Kier alpha value is -2.67. The Morgan fingerprint density at radius 1 is 1.03 bits per heavy atom. The average molecular weight is 429 g/mol. The number of hydrogen-bond donors (Lipinski definition) is 4. The minimum atomic E-state index is -1.74. The third kappa shape index (κ3) is 3.55. The van der Waals surface area contributed by atoms with Crippen LogP contribution >= 0.6 is 0 Å². The van der Waals surface area contributed by atoms with Crippen LogP contribution in [0, 0.1) is 0 Å². The summed E-state index contributed by atoms with van der Waals surface area (Å²) in [6.07, 6.45) is -2.87. The fourth-order valence-electron chi connectivity index (χ4n) is 4.06. The SMILES string of the molecule is CC1(C)O[C@@H]2[C@H](O1)[C@@H](C(O)O)O[C@H]2n1cnc2c(NC(O)c3ccccc3)ncnc21. The van der Waals surface area contributed by atoms with Gasteiger partial charge in [-0.1, -0.05) is 30.3 Å². The van der Waals surface area contributed by atoms with Gasteiger partial charge >= 0.3 is 0 Å². The lowest BCUT2D eigenvalue weighted by atomic mass is 10.1. The molecule has 2 aromatic heterocycles. The maximum absolute atomic E-state index is 10.5. The molecule has 11 heteroatoms. The Kier molecular flexibility index (Phi) is 4.88. The van der Waals surface area contributed by atoms with Gasteiger partial charge < -0.3 is 34.8 Å². The predicted octanol–water partition coefficient (Wildman–Crippen LogP) is 0.657. The highest BCUT2D eigenvalue weighted by Gasteiger charge is 2.57. The molecule has 0 saturated carbocycles. The minimum absolute atomic E-state index is 0.345. The second-order valence-electron chi connectivity index (χ2n) is 7.97. The van der Waals surface area contributed by atoms with Crippen LogP contribution in [0.1, 0.15) is 31.9 Å². The molecule has 1 aromatic carbocycles. The third-order valence-corrected chi connectivity index (χ3v) is 5.38. The molecule has 2 aliphatic heterocycles. The number of aliphatic hydroxyl groups is 3. The van der Waals surface area contributed by atoms with Crippen LogP contribution in [0.3, 0.4) is 0 Å². The average Bonchev–Trinajstić information content (AvgIpc) is 3.39. The summed E-state index contributed by atoms with van der Waals surface area (Å²) in [6, 6.07) is 9.11. The molecular weight excluding hydrogens is 406 g/mol. The molecule has 5 rings (SSSR count). The van der Waals surface area contributed by atoms with Gasteiger partial charge in [0.25, 0.3) is 0 Å². The van der Waals surface area contributed by atoms with Crippen LogP contribution in [-0.4, -0.2) is 65.2 Å². The molecule has 164 valence electrons.